The van der Waals surface area contributed by atoms with Crippen molar-refractivity contribution in [3.8, 4) is 0 Å². The van der Waals surface area contributed by atoms with Gasteiger partial charge in [-0.05, 0) is 31.1 Å². The molecule has 0 aromatic heterocycles. The van der Waals surface area contributed by atoms with Gasteiger partial charge >= 0.3 is 12.1 Å². The standard InChI is InChI=1S/C18H32N4O4/c23-17(21-4-8-25-9-5-21)19-13-15-2-1-3-16(12-15)14-20-18(24)22-6-10-26-11-7-22/h15-16H,1-14H2,(H,19,23)(H,20,24)/t15-,16+. The van der Waals surface area contributed by atoms with Crippen LogP contribution in [0, 0.1) is 11.8 Å². The fourth-order valence-corrected chi connectivity index (χ4v) is 3.99. The fourth-order valence-electron chi connectivity index (χ4n) is 3.99. The Balaban J connectivity index is 1.34. The van der Waals surface area contributed by atoms with Crippen LogP contribution in [-0.4, -0.2) is 87.6 Å². The number of carbonyl (C=O) groups is 2. The molecular weight excluding hydrogens is 336 g/mol. The molecule has 0 unspecified atom stereocenters. The smallest absolute Gasteiger partial charge is 0.317 e. The average molecular weight is 368 g/mol. The van der Waals surface area contributed by atoms with E-state index in [1.807, 2.05) is 9.80 Å². The molecular formula is C18H32N4O4. The van der Waals surface area contributed by atoms with Crippen LogP contribution in [0.4, 0.5) is 9.59 Å². The number of hydrogen-bond acceptors (Lipinski definition) is 4. The summed E-state index contributed by atoms with van der Waals surface area (Å²) in [6.45, 7) is 6.65. The molecule has 3 fully saturated rings. The second-order valence-electron chi connectivity index (χ2n) is 7.47. The van der Waals surface area contributed by atoms with E-state index in [1.54, 1.807) is 0 Å². The van der Waals surface area contributed by atoms with E-state index in [4.69, 9.17) is 9.47 Å². The molecule has 2 saturated heterocycles. The molecule has 2 atom stereocenters. The third kappa shape index (κ3) is 5.74. The maximum Gasteiger partial charge on any atom is 0.317 e. The zero-order valence-corrected chi connectivity index (χ0v) is 15.6. The van der Waals surface area contributed by atoms with E-state index < -0.39 is 0 Å². The molecule has 2 N–H and O–H groups in total. The van der Waals surface area contributed by atoms with Gasteiger partial charge in [0.05, 0.1) is 26.4 Å². The topological polar surface area (TPSA) is 83.1 Å². The highest BCUT2D eigenvalue weighted by Gasteiger charge is 2.25. The minimum Gasteiger partial charge on any atom is -0.378 e. The third-order valence-corrected chi connectivity index (χ3v) is 5.57. The molecule has 0 bridgehead atoms. The molecule has 4 amide bonds. The highest BCUT2D eigenvalue weighted by atomic mass is 16.5. The van der Waals surface area contributed by atoms with Crippen molar-refractivity contribution in [3.63, 3.8) is 0 Å². The predicted molar refractivity (Wildman–Crippen MR) is 97.0 cm³/mol. The number of nitrogens with one attached hydrogen (secondary N) is 2. The monoisotopic (exact) mass is 368 g/mol. The SMILES string of the molecule is O=C(NC[C@H]1CCC[C@@H](CNC(=O)N2CCOCC2)C1)N1CCOCC1. The van der Waals surface area contributed by atoms with Gasteiger partial charge in [0.15, 0.2) is 0 Å². The summed E-state index contributed by atoms with van der Waals surface area (Å²) in [6.07, 6.45) is 4.53. The second-order valence-corrected chi connectivity index (χ2v) is 7.47. The Morgan fingerprint density at radius 1 is 0.769 bits per heavy atom. The molecule has 0 aromatic carbocycles. The molecule has 2 heterocycles. The second kappa shape index (κ2) is 9.97. The molecule has 3 rings (SSSR count). The maximum absolute atomic E-state index is 12.2. The van der Waals surface area contributed by atoms with Gasteiger partial charge in [-0.3, -0.25) is 0 Å². The van der Waals surface area contributed by atoms with E-state index in [0.29, 0.717) is 64.4 Å². The predicted octanol–water partition coefficient (Wildman–Crippen LogP) is 0.876. The van der Waals surface area contributed by atoms with E-state index in [1.165, 1.54) is 0 Å². The minimum atomic E-state index is 0.0241. The molecule has 8 nitrogen and oxygen atoms in total. The first-order valence-electron chi connectivity index (χ1n) is 9.93. The molecule has 8 heteroatoms. The first kappa shape index (κ1) is 19.2. The highest BCUT2D eigenvalue weighted by molar-refractivity contribution is 5.74. The summed E-state index contributed by atoms with van der Waals surface area (Å²) in [7, 11) is 0. The molecule has 0 aromatic rings. The Kier molecular flexibility index (Phi) is 7.37. The van der Waals surface area contributed by atoms with Crippen molar-refractivity contribution in [2.24, 2.45) is 11.8 Å². The Bertz CT molecular complexity index is 424. The van der Waals surface area contributed by atoms with Gasteiger partial charge in [-0.15, -0.1) is 0 Å². The van der Waals surface area contributed by atoms with Crippen LogP contribution in [0.25, 0.3) is 0 Å². The number of urea groups is 2. The zero-order valence-electron chi connectivity index (χ0n) is 15.6. The van der Waals surface area contributed by atoms with Gasteiger partial charge < -0.3 is 29.9 Å². The van der Waals surface area contributed by atoms with Gasteiger partial charge in [0.1, 0.15) is 0 Å². The summed E-state index contributed by atoms with van der Waals surface area (Å²) >= 11 is 0. The lowest BCUT2D eigenvalue weighted by atomic mass is 9.81. The normalized spacial score (nSPS) is 27.1. The molecule has 3 aliphatic rings. The van der Waals surface area contributed by atoms with Crippen molar-refractivity contribution < 1.29 is 19.1 Å². The fraction of sp³-hybridized carbons (Fsp3) is 0.889. The molecule has 1 saturated carbocycles. The lowest BCUT2D eigenvalue weighted by molar-refractivity contribution is 0.0523. The summed E-state index contributed by atoms with van der Waals surface area (Å²) in [6, 6.07) is 0.0482. The first-order chi connectivity index (χ1) is 12.7. The van der Waals surface area contributed by atoms with Gasteiger partial charge in [0.2, 0.25) is 0 Å². The van der Waals surface area contributed by atoms with Crippen molar-refractivity contribution in [1.29, 1.82) is 0 Å². The van der Waals surface area contributed by atoms with Gasteiger partial charge in [-0.25, -0.2) is 9.59 Å². The quantitative estimate of drug-likeness (QED) is 0.772. The molecule has 0 spiro atoms. The van der Waals surface area contributed by atoms with Crippen molar-refractivity contribution in [3.05, 3.63) is 0 Å². The third-order valence-electron chi connectivity index (χ3n) is 5.57. The largest absolute Gasteiger partial charge is 0.378 e. The van der Waals surface area contributed by atoms with Crippen LogP contribution in [0.3, 0.4) is 0 Å². The van der Waals surface area contributed by atoms with Crippen LogP contribution in [0.2, 0.25) is 0 Å². The highest BCUT2D eigenvalue weighted by Crippen LogP contribution is 2.28. The summed E-state index contributed by atoms with van der Waals surface area (Å²) in [4.78, 5) is 28.0. The van der Waals surface area contributed by atoms with Crippen LogP contribution in [0.5, 0.6) is 0 Å². The number of ether oxygens (including phenoxy) is 2. The van der Waals surface area contributed by atoms with E-state index in [2.05, 4.69) is 10.6 Å². The number of amides is 4. The first-order valence-corrected chi connectivity index (χ1v) is 9.93. The molecule has 0 radical (unpaired) electrons. The molecule has 1 aliphatic carbocycles. The van der Waals surface area contributed by atoms with Crippen LogP contribution in [-0.2, 0) is 9.47 Å². The summed E-state index contributed by atoms with van der Waals surface area (Å²) in [5.41, 5.74) is 0. The van der Waals surface area contributed by atoms with Crippen LogP contribution in [0.1, 0.15) is 25.7 Å². The summed E-state index contributed by atoms with van der Waals surface area (Å²) in [5, 5.41) is 6.16. The Labute approximate surface area is 155 Å². The Morgan fingerprint density at radius 2 is 1.19 bits per heavy atom. The van der Waals surface area contributed by atoms with E-state index in [0.717, 1.165) is 38.8 Å². The van der Waals surface area contributed by atoms with Crippen molar-refractivity contribution in [2.45, 2.75) is 25.7 Å². The maximum atomic E-state index is 12.2. The number of hydrogen-bond donors (Lipinski definition) is 2. The lowest BCUT2D eigenvalue weighted by Crippen LogP contribution is -2.48. The number of carbonyl (C=O) groups excluding carboxylic acids is 2. The molecule has 148 valence electrons. The van der Waals surface area contributed by atoms with Crippen molar-refractivity contribution in [1.82, 2.24) is 20.4 Å². The van der Waals surface area contributed by atoms with Crippen LogP contribution >= 0.6 is 0 Å². The van der Waals surface area contributed by atoms with Crippen LogP contribution < -0.4 is 10.6 Å². The zero-order chi connectivity index (χ0) is 18.2. The molecule has 26 heavy (non-hydrogen) atoms. The van der Waals surface area contributed by atoms with Gasteiger partial charge in [0, 0.05) is 39.3 Å². The molecule has 2 aliphatic heterocycles. The number of rotatable bonds is 4. The number of morpholine rings is 2. The Hall–Kier alpha value is -1.54. The Morgan fingerprint density at radius 3 is 1.62 bits per heavy atom. The minimum absolute atomic E-state index is 0.0241. The summed E-state index contributed by atoms with van der Waals surface area (Å²) in [5.74, 6) is 0.998. The van der Waals surface area contributed by atoms with Gasteiger partial charge in [-0.1, -0.05) is 6.42 Å². The number of nitrogens with zero attached hydrogens (tertiary/aromatic N) is 2. The average Bonchev–Trinajstić information content (AvgIpc) is 2.72. The van der Waals surface area contributed by atoms with E-state index in [9.17, 15) is 9.59 Å². The van der Waals surface area contributed by atoms with Gasteiger partial charge in [0.25, 0.3) is 0 Å². The van der Waals surface area contributed by atoms with Crippen molar-refractivity contribution in [2.75, 3.05) is 65.7 Å². The van der Waals surface area contributed by atoms with Crippen LogP contribution in [0.15, 0.2) is 0 Å². The van der Waals surface area contributed by atoms with E-state index in [-0.39, 0.29) is 12.1 Å². The van der Waals surface area contributed by atoms with Gasteiger partial charge in [-0.2, -0.15) is 0 Å². The van der Waals surface area contributed by atoms with E-state index >= 15 is 0 Å². The lowest BCUT2D eigenvalue weighted by Gasteiger charge is -2.32. The van der Waals surface area contributed by atoms with Crippen molar-refractivity contribution >= 4 is 12.1 Å². The summed E-state index contributed by atoms with van der Waals surface area (Å²) < 4.78 is 10.6.